The monoisotopic (exact) mass is 280 g/mol. The molecule has 1 aliphatic carbocycles. The van der Waals surface area contributed by atoms with E-state index in [-0.39, 0.29) is 22.8 Å². The lowest BCUT2D eigenvalue weighted by atomic mass is 9.96. The van der Waals surface area contributed by atoms with Crippen LogP contribution in [-0.4, -0.2) is 42.0 Å². The van der Waals surface area contributed by atoms with Gasteiger partial charge < -0.3 is 16.0 Å². The van der Waals surface area contributed by atoms with Crippen LogP contribution < -0.4 is 11.1 Å². The van der Waals surface area contributed by atoms with E-state index in [2.05, 4.69) is 15.2 Å². The highest BCUT2D eigenvalue weighted by molar-refractivity contribution is 5.98. The Labute approximate surface area is 118 Å². The van der Waals surface area contributed by atoms with Crippen molar-refractivity contribution < 1.29 is 9.18 Å². The van der Waals surface area contributed by atoms with Gasteiger partial charge in [0, 0.05) is 12.1 Å². The molecule has 110 valence electrons. The summed E-state index contributed by atoms with van der Waals surface area (Å²) >= 11 is 0. The summed E-state index contributed by atoms with van der Waals surface area (Å²) in [5.41, 5.74) is 5.70. The van der Waals surface area contributed by atoms with Crippen molar-refractivity contribution in [1.82, 2.24) is 15.2 Å². The number of nitrogens with two attached hydrogens (primary N) is 1. The lowest BCUT2D eigenvalue weighted by Gasteiger charge is -2.36. The number of anilines is 1. The Bertz CT molecular complexity index is 498. The van der Waals surface area contributed by atoms with E-state index >= 15 is 0 Å². The maximum atomic E-state index is 13.1. The summed E-state index contributed by atoms with van der Waals surface area (Å²) in [7, 11) is 4.05. The Kier molecular flexibility index (Phi) is 4.23. The topological polar surface area (TPSA) is 71.2 Å². The molecule has 5 nitrogen and oxygen atoms in total. The Balaban J connectivity index is 2.06. The number of aromatic nitrogens is 1. The van der Waals surface area contributed by atoms with E-state index in [1.54, 1.807) is 0 Å². The number of carbonyl (C=O) groups is 1. The third kappa shape index (κ3) is 2.90. The van der Waals surface area contributed by atoms with E-state index in [9.17, 15) is 9.18 Å². The molecular weight excluding hydrogens is 259 g/mol. The second-order valence-electron chi connectivity index (χ2n) is 5.59. The molecule has 1 aromatic rings. The molecule has 1 aromatic heterocycles. The van der Waals surface area contributed by atoms with Gasteiger partial charge in [-0.05, 0) is 33.0 Å². The second kappa shape index (κ2) is 5.75. The van der Waals surface area contributed by atoms with Crippen LogP contribution in [0.5, 0.6) is 0 Å². The predicted molar refractivity (Wildman–Crippen MR) is 75.8 cm³/mol. The molecule has 1 saturated carbocycles. The van der Waals surface area contributed by atoms with Gasteiger partial charge >= 0.3 is 0 Å². The zero-order chi connectivity index (χ0) is 14.8. The van der Waals surface area contributed by atoms with Crippen LogP contribution in [0, 0.1) is 5.82 Å². The van der Waals surface area contributed by atoms with Gasteiger partial charge in [-0.2, -0.15) is 0 Å². The number of pyridine rings is 1. The zero-order valence-electron chi connectivity index (χ0n) is 11.9. The minimum absolute atomic E-state index is 0.00875. The first-order chi connectivity index (χ1) is 9.44. The number of nitrogens with zero attached hydrogens (tertiary/aromatic N) is 2. The Hall–Kier alpha value is -1.69. The van der Waals surface area contributed by atoms with Crippen molar-refractivity contribution >= 4 is 11.7 Å². The number of carbonyl (C=O) groups excluding carboxylic acids is 1. The van der Waals surface area contributed by atoms with Gasteiger partial charge in [-0.3, -0.25) is 4.79 Å². The van der Waals surface area contributed by atoms with Crippen molar-refractivity contribution in [3.8, 4) is 0 Å². The van der Waals surface area contributed by atoms with Crippen LogP contribution in [0.25, 0.3) is 0 Å². The summed E-state index contributed by atoms with van der Waals surface area (Å²) in [6.07, 6.45) is 5.44. The maximum Gasteiger partial charge on any atom is 0.255 e. The molecule has 0 saturated heterocycles. The van der Waals surface area contributed by atoms with Crippen molar-refractivity contribution in [3.05, 3.63) is 23.6 Å². The largest absolute Gasteiger partial charge is 0.383 e. The lowest BCUT2D eigenvalue weighted by molar-refractivity contribution is 0.0900. The van der Waals surface area contributed by atoms with E-state index in [0.29, 0.717) is 6.54 Å². The summed E-state index contributed by atoms with van der Waals surface area (Å²) in [4.78, 5) is 17.9. The number of nitrogens with one attached hydrogen (secondary N) is 1. The van der Waals surface area contributed by atoms with Crippen molar-refractivity contribution in [3.63, 3.8) is 0 Å². The van der Waals surface area contributed by atoms with Gasteiger partial charge in [0.25, 0.3) is 5.91 Å². The second-order valence-corrected chi connectivity index (χ2v) is 5.59. The van der Waals surface area contributed by atoms with Crippen molar-refractivity contribution in [1.29, 1.82) is 0 Å². The molecule has 1 amide bonds. The molecule has 0 atom stereocenters. The van der Waals surface area contributed by atoms with Crippen LogP contribution >= 0.6 is 0 Å². The van der Waals surface area contributed by atoms with E-state index in [4.69, 9.17) is 5.73 Å². The fraction of sp³-hybridized carbons (Fsp3) is 0.571. The normalized spacial score (nSPS) is 17.4. The minimum Gasteiger partial charge on any atom is -0.383 e. The van der Waals surface area contributed by atoms with Gasteiger partial charge in [-0.25, -0.2) is 9.37 Å². The van der Waals surface area contributed by atoms with Gasteiger partial charge in [-0.15, -0.1) is 0 Å². The van der Waals surface area contributed by atoms with E-state index in [1.165, 1.54) is 0 Å². The molecule has 3 N–H and O–H groups in total. The van der Waals surface area contributed by atoms with Gasteiger partial charge in [0.1, 0.15) is 11.6 Å². The molecule has 20 heavy (non-hydrogen) atoms. The Morgan fingerprint density at radius 3 is 2.75 bits per heavy atom. The number of amides is 1. The van der Waals surface area contributed by atoms with Gasteiger partial charge in [-0.1, -0.05) is 12.8 Å². The number of likely N-dealkylation sites (N-methyl/N-ethyl adjacent to an activating group) is 1. The molecule has 1 fully saturated rings. The highest BCUT2D eigenvalue weighted by Gasteiger charge is 2.36. The molecule has 2 rings (SSSR count). The molecule has 1 heterocycles. The predicted octanol–water partition coefficient (Wildman–Crippen LogP) is 1.41. The molecule has 0 unspecified atom stereocenters. The molecule has 0 spiro atoms. The van der Waals surface area contributed by atoms with Crippen LogP contribution in [0.3, 0.4) is 0 Å². The van der Waals surface area contributed by atoms with Crippen LogP contribution in [0.1, 0.15) is 36.0 Å². The smallest absolute Gasteiger partial charge is 0.255 e. The summed E-state index contributed by atoms with van der Waals surface area (Å²) in [6.45, 7) is 0.536. The van der Waals surface area contributed by atoms with Gasteiger partial charge in [0.05, 0.1) is 11.8 Å². The first kappa shape index (κ1) is 14.7. The molecule has 6 heteroatoms. The summed E-state index contributed by atoms with van der Waals surface area (Å²) in [5, 5.41) is 2.86. The number of nitrogen functional groups attached to an aromatic ring is 1. The SMILES string of the molecule is CN(C)C1(CNC(=O)c2cc(F)cnc2N)CCCC1. The van der Waals surface area contributed by atoms with E-state index < -0.39 is 5.82 Å². The van der Waals surface area contributed by atoms with Gasteiger partial charge in [0.15, 0.2) is 0 Å². The molecule has 0 bridgehead atoms. The molecule has 0 aromatic carbocycles. The molecule has 0 radical (unpaired) electrons. The fourth-order valence-electron chi connectivity index (χ4n) is 2.79. The first-order valence-corrected chi connectivity index (χ1v) is 6.81. The minimum atomic E-state index is -0.562. The summed E-state index contributed by atoms with van der Waals surface area (Å²) < 4.78 is 13.1. The number of halogens is 1. The molecular formula is C14H21FN4O. The first-order valence-electron chi connectivity index (χ1n) is 6.81. The lowest BCUT2D eigenvalue weighted by Crippen LogP contribution is -2.50. The third-order valence-electron chi connectivity index (χ3n) is 4.19. The van der Waals surface area contributed by atoms with Crippen LogP contribution in [0.2, 0.25) is 0 Å². The third-order valence-corrected chi connectivity index (χ3v) is 4.19. The van der Waals surface area contributed by atoms with Crippen LogP contribution in [0.15, 0.2) is 12.3 Å². The summed E-state index contributed by atoms with van der Waals surface area (Å²) in [6, 6.07) is 1.12. The standard InChI is InChI=1S/C14H21FN4O/c1-19(2)14(5-3-4-6-14)9-18-13(20)11-7-10(15)8-17-12(11)16/h7-8H,3-6,9H2,1-2H3,(H2,16,17)(H,18,20). The molecule has 0 aliphatic heterocycles. The average Bonchev–Trinajstić information content (AvgIpc) is 2.89. The maximum absolute atomic E-state index is 13.1. The van der Waals surface area contributed by atoms with Crippen LogP contribution in [-0.2, 0) is 0 Å². The average molecular weight is 280 g/mol. The van der Waals surface area contributed by atoms with E-state index in [0.717, 1.165) is 37.9 Å². The van der Waals surface area contributed by atoms with Crippen LogP contribution in [0.4, 0.5) is 10.2 Å². The highest BCUT2D eigenvalue weighted by Crippen LogP contribution is 2.33. The quantitative estimate of drug-likeness (QED) is 0.874. The Morgan fingerprint density at radius 1 is 1.50 bits per heavy atom. The number of rotatable bonds is 4. The van der Waals surface area contributed by atoms with Crippen molar-refractivity contribution in [2.24, 2.45) is 0 Å². The Morgan fingerprint density at radius 2 is 2.15 bits per heavy atom. The van der Waals surface area contributed by atoms with Crippen molar-refractivity contribution in [2.45, 2.75) is 31.2 Å². The number of hydrogen-bond acceptors (Lipinski definition) is 4. The zero-order valence-corrected chi connectivity index (χ0v) is 11.9. The molecule has 1 aliphatic rings. The highest BCUT2D eigenvalue weighted by atomic mass is 19.1. The van der Waals surface area contributed by atoms with E-state index in [1.807, 2.05) is 14.1 Å². The fourth-order valence-corrected chi connectivity index (χ4v) is 2.79. The number of hydrogen-bond donors (Lipinski definition) is 2. The van der Waals surface area contributed by atoms with Crippen molar-refractivity contribution in [2.75, 3.05) is 26.4 Å². The van der Waals surface area contributed by atoms with Gasteiger partial charge in [0.2, 0.25) is 0 Å². The summed E-state index contributed by atoms with van der Waals surface area (Å²) in [5.74, 6) is -0.885.